The summed E-state index contributed by atoms with van der Waals surface area (Å²) < 4.78 is 21.0. The smallest absolute Gasteiger partial charge is 0.444 e. The molecule has 1 amide bonds. The van der Waals surface area contributed by atoms with Gasteiger partial charge in [0, 0.05) is 18.0 Å². The summed E-state index contributed by atoms with van der Waals surface area (Å²) in [5.41, 5.74) is 0.837. The van der Waals surface area contributed by atoms with Crippen molar-refractivity contribution in [3.05, 3.63) is 24.3 Å². The first-order chi connectivity index (χ1) is 13.3. The SMILES string of the molecule is C/C=S(/CCNC(=O)OC(C)(C)C)Nc1ccc(B2OC(C)(C)C(C)(C)O2)cc1. The molecule has 1 aliphatic rings. The number of anilines is 1. The number of nitrogens with one attached hydrogen (secondary N) is 2. The van der Waals surface area contributed by atoms with Crippen molar-refractivity contribution in [2.45, 2.75) is 72.2 Å². The molecule has 0 aromatic heterocycles. The third kappa shape index (κ3) is 6.76. The summed E-state index contributed by atoms with van der Waals surface area (Å²) in [7, 11) is -0.522. The Labute approximate surface area is 178 Å². The van der Waals surface area contributed by atoms with Crippen LogP contribution in [-0.4, -0.2) is 47.7 Å². The van der Waals surface area contributed by atoms with E-state index in [1.807, 2.05) is 52.0 Å². The van der Waals surface area contributed by atoms with E-state index in [4.69, 9.17) is 14.0 Å². The third-order valence-corrected chi connectivity index (χ3v) is 6.67. The first-order valence-electron chi connectivity index (χ1n) is 10.0. The molecule has 0 bridgehead atoms. The fourth-order valence-electron chi connectivity index (χ4n) is 2.64. The predicted octanol–water partition coefficient (Wildman–Crippen LogP) is 3.93. The maximum Gasteiger partial charge on any atom is 0.494 e. The highest BCUT2D eigenvalue weighted by atomic mass is 32.2. The lowest BCUT2D eigenvalue weighted by Crippen LogP contribution is -2.41. The number of ether oxygens (including phenoxy) is 1. The molecule has 6 nitrogen and oxygen atoms in total. The van der Waals surface area contributed by atoms with Gasteiger partial charge in [-0.25, -0.2) is 4.79 Å². The average Bonchev–Trinajstić information content (AvgIpc) is 2.80. The van der Waals surface area contributed by atoms with Gasteiger partial charge in [-0.1, -0.05) is 22.8 Å². The van der Waals surface area contributed by atoms with Gasteiger partial charge >= 0.3 is 13.2 Å². The van der Waals surface area contributed by atoms with Crippen molar-refractivity contribution in [3.8, 4) is 0 Å². The van der Waals surface area contributed by atoms with Crippen LogP contribution in [0.4, 0.5) is 10.5 Å². The van der Waals surface area contributed by atoms with Crippen LogP contribution in [0.2, 0.25) is 0 Å². The maximum absolute atomic E-state index is 11.8. The molecule has 0 aliphatic carbocycles. The molecule has 1 aliphatic heterocycles. The Bertz CT molecular complexity index is 726. The standard InChI is InChI=1S/C21H35BN2O4S/c1-9-29(15-14-23-18(25)26-19(2,3)4)24-17-12-10-16(11-13-17)22-27-20(5,6)21(7,8)28-22/h9-13,24H,14-15H2,1-8H3,(H,23,25). The molecule has 29 heavy (non-hydrogen) atoms. The second-order valence-electron chi connectivity index (χ2n) is 9.11. The van der Waals surface area contributed by atoms with E-state index in [0.717, 1.165) is 16.9 Å². The summed E-state index contributed by atoms with van der Waals surface area (Å²) in [6.07, 6.45) is -0.385. The Morgan fingerprint density at radius 3 is 2.17 bits per heavy atom. The molecule has 1 aromatic carbocycles. The van der Waals surface area contributed by atoms with Crippen LogP contribution in [0.3, 0.4) is 0 Å². The number of benzene rings is 1. The van der Waals surface area contributed by atoms with Gasteiger partial charge in [0.1, 0.15) is 5.60 Å². The van der Waals surface area contributed by atoms with Gasteiger partial charge in [-0.15, -0.1) is 0 Å². The zero-order chi connectivity index (χ0) is 21.9. The first-order valence-corrected chi connectivity index (χ1v) is 11.5. The van der Waals surface area contributed by atoms with Crippen LogP contribution in [0, 0.1) is 0 Å². The highest BCUT2D eigenvalue weighted by molar-refractivity contribution is 8.16. The molecule has 2 N–H and O–H groups in total. The number of rotatable bonds is 6. The monoisotopic (exact) mass is 422 g/mol. The van der Waals surface area contributed by atoms with E-state index in [9.17, 15) is 4.79 Å². The highest BCUT2D eigenvalue weighted by Crippen LogP contribution is 2.36. The number of amides is 1. The Morgan fingerprint density at radius 1 is 1.14 bits per heavy atom. The first kappa shape index (κ1) is 23.8. The van der Waals surface area contributed by atoms with Crippen molar-refractivity contribution in [1.29, 1.82) is 0 Å². The summed E-state index contributed by atoms with van der Waals surface area (Å²) in [6.45, 7) is 16.3. The highest BCUT2D eigenvalue weighted by Gasteiger charge is 2.51. The van der Waals surface area contributed by atoms with Crippen molar-refractivity contribution in [2.24, 2.45) is 0 Å². The molecule has 0 radical (unpaired) electrons. The molecule has 1 fully saturated rings. The second-order valence-corrected chi connectivity index (χ2v) is 11.1. The molecule has 1 atom stereocenters. The Kier molecular flexibility index (Phi) is 7.46. The quantitative estimate of drug-likeness (QED) is 0.537. The predicted molar refractivity (Wildman–Crippen MR) is 124 cm³/mol. The minimum atomic E-state index is -0.486. The molecule has 2 rings (SSSR count). The van der Waals surface area contributed by atoms with Gasteiger partial charge in [-0.2, -0.15) is 0 Å². The molecule has 1 heterocycles. The molecule has 0 saturated carbocycles. The van der Waals surface area contributed by atoms with Crippen LogP contribution in [0.5, 0.6) is 0 Å². The molecule has 1 saturated heterocycles. The van der Waals surface area contributed by atoms with Crippen molar-refractivity contribution in [1.82, 2.24) is 5.32 Å². The van der Waals surface area contributed by atoms with Crippen molar-refractivity contribution in [2.75, 3.05) is 17.0 Å². The fourth-order valence-corrected chi connectivity index (χ4v) is 3.86. The molecule has 162 valence electrons. The van der Waals surface area contributed by atoms with Crippen LogP contribution in [0.1, 0.15) is 55.4 Å². The Balaban J connectivity index is 1.88. The van der Waals surface area contributed by atoms with Crippen LogP contribution in [-0.2, 0) is 14.0 Å². The van der Waals surface area contributed by atoms with Gasteiger partial charge in [0.2, 0.25) is 0 Å². The lowest BCUT2D eigenvalue weighted by molar-refractivity contribution is 0.00578. The lowest BCUT2D eigenvalue weighted by atomic mass is 9.79. The van der Waals surface area contributed by atoms with Crippen molar-refractivity contribution in [3.63, 3.8) is 0 Å². The number of carbonyl (C=O) groups excluding carboxylic acids is 1. The van der Waals surface area contributed by atoms with E-state index in [2.05, 4.69) is 43.1 Å². The minimum absolute atomic E-state index is 0.163. The molecular formula is C21H35BN2O4S. The van der Waals surface area contributed by atoms with Gasteiger partial charge in [-0.3, -0.25) is 0 Å². The normalized spacial score (nSPS) is 19.1. The van der Waals surface area contributed by atoms with E-state index >= 15 is 0 Å². The van der Waals surface area contributed by atoms with Crippen molar-refractivity contribution >= 4 is 40.4 Å². The molecule has 1 unspecified atom stereocenters. The van der Waals surface area contributed by atoms with Crippen molar-refractivity contribution < 1.29 is 18.8 Å². The zero-order valence-corrected chi connectivity index (χ0v) is 19.7. The van der Waals surface area contributed by atoms with E-state index in [1.54, 1.807) is 0 Å². The van der Waals surface area contributed by atoms with Crippen LogP contribution in [0.15, 0.2) is 24.3 Å². The molecule has 0 spiro atoms. The topological polar surface area (TPSA) is 68.8 Å². The van der Waals surface area contributed by atoms with E-state index in [0.29, 0.717) is 6.54 Å². The average molecular weight is 422 g/mol. The van der Waals surface area contributed by atoms with Crippen LogP contribution >= 0.6 is 10.7 Å². The van der Waals surface area contributed by atoms with Crippen LogP contribution in [0.25, 0.3) is 0 Å². The largest absolute Gasteiger partial charge is 0.494 e. The summed E-state index contributed by atoms with van der Waals surface area (Å²) in [6, 6.07) is 8.12. The molecule has 8 heteroatoms. The fraction of sp³-hybridized carbons (Fsp3) is 0.619. The summed E-state index contributed by atoms with van der Waals surface area (Å²) in [5, 5.41) is 4.91. The number of carbonyl (C=O) groups is 1. The number of hydrogen-bond donors (Lipinski definition) is 2. The zero-order valence-electron chi connectivity index (χ0n) is 18.9. The molecule has 1 aromatic rings. The summed E-state index contributed by atoms with van der Waals surface area (Å²) >= 11 is 0. The Morgan fingerprint density at radius 2 is 1.69 bits per heavy atom. The van der Waals surface area contributed by atoms with Gasteiger partial charge in [-0.05, 0) is 78.4 Å². The Hall–Kier alpha value is -1.51. The van der Waals surface area contributed by atoms with Gasteiger partial charge < -0.3 is 24.1 Å². The second kappa shape index (κ2) is 9.10. The van der Waals surface area contributed by atoms with Gasteiger partial charge in [0.05, 0.1) is 11.2 Å². The number of alkyl carbamates (subject to hydrolysis) is 1. The molecular weight excluding hydrogens is 387 g/mol. The summed E-state index contributed by atoms with van der Waals surface area (Å²) in [4.78, 5) is 11.8. The summed E-state index contributed by atoms with van der Waals surface area (Å²) in [5.74, 6) is 0.786. The van der Waals surface area contributed by atoms with Crippen LogP contribution < -0.4 is 15.5 Å². The number of hydrogen-bond acceptors (Lipinski definition) is 5. The van der Waals surface area contributed by atoms with E-state index in [1.165, 1.54) is 0 Å². The third-order valence-electron chi connectivity index (χ3n) is 4.96. The lowest BCUT2D eigenvalue weighted by Gasteiger charge is -2.32. The van der Waals surface area contributed by atoms with Gasteiger partial charge in [0.15, 0.2) is 0 Å². The minimum Gasteiger partial charge on any atom is -0.444 e. The van der Waals surface area contributed by atoms with E-state index in [-0.39, 0.29) is 35.1 Å². The maximum atomic E-state index is 11.8. The van der Waals surface area contributed by atoms with Gasteiger partial charge in [0.25, 0.3) is 0 Å². The van der Waals surface area contributed by atoms with E-state index < -0.39 is 5.60 Å².